The van der Waals surface area contributed by atoms with Gasteiger partial charge in [0.25, 0.3) is 5.89 Å². The highest BCUT2D eigenvalue weighted by Gasteiger charge is 2.16. The molecule has 5 nitrogen and oxygen atoms in total. The average molecular weight is 197 g/mol. The van der Waals surface area contributed by atoms with Crippen molar-refractivity contribution in [2.75, 3.05) is 13.1 Å². The quantitative estimate of drug-likeness (QED) is 0.719. The van der Waals surface area contributed by atoms with E-state index in [1.165, 1.54) is 12.8 Å². The van der Waals surface area contributed by atoms with E-state index in [2.05, 4.69) is 15.5 Å². The molecule has 0 amide bonds. The highest BCUT2D eigenvalue weighted by Crippen LogP contribution is 2.16. The van der Waals surface area contributed by atoms with Gasteiger partial charge in [-0.05, 0) is 31.8 Å². The standard InChI is InChI=1S/C9H15N3O2/c13-6-9-11-8(12-14-9)5-7-1-3-10-4-2-7/h7,10,13H,1-6H2. The average Bonchev–Trinajstić information content (AvgIpc) is 2.67. The van der Waals surface area contributed by atoms with Crippen molar-refractivity contribution >= 4 is 0 Å². The third-order valence-electron chi connectivity index (χ3n) is 2.58. The maximum Gasteiger partial charge on any atom is 0.252 e. The Morgan fingerprint density at radius 1 is 1.43 bits per heavy atom. The number of aliphatic hydroxyl groups is 1. The number of piperidine rings is 1. The van der Waals surface area contributed by atoms with Crippen LogP contribution in [0.15, 0.2) is 4.52 Å². The summed E-state index contributed by atoms with van der Waals surface area (Å²) in [5.41, 5.74) is 0. The van der Waals surface area contributed by atoms with Crippen molar-refractivity contribution in [1.82, 2.24) is 15.5 Å². The van der Waals surface area contributed by atoms with E-state index in [-0.39, 0.29) is 6.61 Å². The monoisotopic (exact) mass is 197 g/mol. The molecule has 2 heterocycles. The van der Waals surface area contributed by atoms with Crippen LogP contribution in [-0.4, -0.2) is 28.3 Å². The fraction of sp³-hybridized carbons (Fsp3) is 0.778. The Morgan fingerprint density at radius 2 is 2.21 bits per heavy atom. The predicted octanol–water partition coefficient (Wildman–Crippen LogP) is 0.104. The van der Waals surface area contributed by atoms with Gasteiger partial charge in [-0.25, -0.2) is 0 Å². The molecule has 1 saturated heterocycles. The SMILES string of the molecule is OCc1nc(CC2CCNCC2)no1. The molecule has 1 aromatic heterocycles. The molecule has 1 aliphatic rings. The molecule has 2 rings (SSSR count). The Labute approximate surface area is 82.5 Å². The van der Waals surface area contributed by atoms with Gasteiger partial charge in [0.1, 0.15) is 6.61 Å². The van der Waals surface area contributed by atoms with Crippen molar-refractivity contribution in [3.8, 4) is 0 Å². The Morgan fingerprint density at radius 3 is 2.86 bits per heavy atom. The second kappa shape index (κ2) is 4.52. The van der Waals surface area contributed by atoms with Gasteiger partial charge >= 0.3 is 0 Å². The first-order chi connectivity index (χ1) is 6.88. The van der Waals surface area contributed by atoms with Crippen LogP contribution >= 0.6 is 0 Å². The summed E-state index contributed by atoms with van der Waals surface area (Å²) in [6, 6.07) is 0. The van der Waals surface area contributed by atoms with Crippen LogP contribution < -0.4 is 5.32 Å². The summed E-state index contributed by atoms with van der Waals surface area (Å²) in [5, 5.41) is 15.9. The van der Waals surface area contributed by atoms with Crippen molar-refractivity contribution in [3.05, 3.63) is 11.7 Å². The number of rotatable bonds is 3. The van der Waals surface area contributed by atoms with Crippen molar-refractivity contribution in [2.45, 2.75) is 25.9 Å². The maximum absolute atomic E-state index is 8.75. The van der Waals surface area contributed by atoms with Crippen molar-refractivity contribution in [3.63, 3.8) is 0 Å². The molecule has 0 radical (unpaired) electrons. The zero-order valence-electron chi connectivity index (χ0n) is 8.07. The molecule has 0 spiro atoms. The van der Waals surface area contributed by atoms with Gasteiger partial charge in [0.05, 0.1) is 0 Å². The normalized spacial score (nSPS) is 18.6. The smallest absolute Gasteiger partial charge is 0.252 e. The Kier molecular flexibility index (Phi) is 3.10. The number of aliphatic hydroxyl groups excluding tert-OH is 1. The Balaban J connectivity index is 1.89. The molecule has 0 atom stereocenters. The van der Waals surface area contributed by atoms with E-state index in [0.717, 1.165) is 25.3 Å². The van der Waals surface area contributed by atoms with Crippen molar-refractivity contribution in [2.24, 2.45) is 5.92 Å². The third kappa shape index (κ3) is 2.30. The van der Waals surface area contributed by atoms with Gasteiger partial charge in [0.2, 0.25) is 0 Å². The first-order valence-corrected chi connectivity index (χ1v) is 5.01. The number of nitrogens with zero attached hydrogens (tertiary/aromatic N) is 2. The molecule has 0 bridgehead atoms. The van der Waals surface area contributed by atoms with Gasteiger partial charge in [-0.2, -0.15) is 4.98 Å². The van der Waals surface area contributed by atoms with Crippen LogP contribution in [-0.2, 0) is 13.0 Å². The lowest BCUT2D eigenvalue weighted by atomic mass is 9.94. The summed E-state index contributed by atoms with van der Waals surface area (Å²) >= 11 is 0. The van der Waals surface area contributed by atoms with Crippen LogP contribution in [0.4, 0.5) is 0 Å². The summed E-state index contributed by atoms with van der Waals surface area (Å²) in [6.45, 7) is 1.99. The number of aromatic nitrogens is 2. The Hall–Kier alpha value is -0.940. The highest BCUT2D eigenvalue weighted by molar-refractivity contribution is 4.88. The summed E-state index contributed by atoms with van der Waals surface area (Å²) in [6.07, 6.45) is 3.21. The second-order valence-electron chi connectivity index (χ2n) is 3.66. The molecule has 78 valence electrons. The molecule has 0 saturated carbocycles. The van der Waals surface area contributed by atoms with E-state index in [9.17, 15) is 0 Å². The highest BCUT2D eigenvalue weighted by atomic mass is 16.5. The minimum atomic E-state index is -0.167. The molecular formula is C9H15N3O2. The van der Waals surface area contributed by atoms with Gasteiger partial charge in [0, 0.05) is 6.42 Å². The minimum Gasteiger partial charge on any atom is -0.387 e. The van der Waals surface area contributed by atoms with Crippen LogP contribution in [0, 0.1) is 5.92 Å². The summed E-state index contributed by atoms with van der Waals surface area (Å²) in [5.74, 6) is 1.69. The number of nitrogens with one attached hydrogen (secondary N) is 1. The van der Waals surface area contributed by atoms with Crippen LogP contribution in [0.1, 0.15) is 24.6 Å². The predicted molar refractivity (Wildman–Crippen MR) is 49.5 cm³/mol. The van der Waals surface area contributed by atoms with Gasteiger partial charge in [-0.3, -0.25) is 0 Å². The van der Waals surface area contributed by atoms with E-state index in [4.69, 9.17) is 9.63 Å². The second-order valence-corrected chi connectivity index (χ2v) is 3.66. The first kappa shape index (κ1) is 9.61. The summed E-state index contributed by atoms with van der Waals surface area (Å²) < 4.78 is 4.83. The molecule has 0 aromatic carbocycles. The van der Waals surface area contributed by atoms with E-state index in [1.54, 1.807) is 0 Å². The molecule has 0 aliphatic carbocycles. The molecule has 1 aliphatic heterocycles. The minimum absolute atomic E-state index is 0.167. The lowest BCUT2D eigenvalue weighted by Crippen LogP contribution is -2.28. The van der Waals surface area contributed by atoms with Crippen molar-refractivity contribution in [1.29, 1.82) is 0 Å². The molecular weight excluding hydrogens is 182 g/mol. The van der Waals surface area contributed by atoms with E-state index in [1.807, 2.05) is 0 Å². The number of hydrogen-bond donors (Lipinski definition) is 2. The van der Waals surface area contributed by atoms with Crippen LogP contribution in [0.3, 0.4) is 0 Å². The third-order valence-corrected chi connectivity index (χ3v) is 2.58. The maximum atomic E-state index is 8.75. The van der Waals surface area contributed by atoms with Gasteiger partial charge in [-0.15, -0.1) is 0 Å². The zero-order chi connectivity index (χ0) is 9.80. The molecule has 5 heteroatoms. The van der Waals surface area contributed by atoms with E-state index >= 15 is 0 Å². The molecule has 1 aromatic rings. The molecule has 0 unspecified atom stereocenters. The van der Waals surface area contributed by atoms with Gasteiger partial charge in [0.15, 0.2) is 5.82 Å². The van der Waals surface area contributed by atoms with Crippen LogP contribution in [0.25, 0.3) is 0 Å². The topological polar surface area (TPSA) is 71.2 Å². The lowest BCUT2D eigenvalue weighted by Gasteiger charge is -2.20. The molecule has 14 heavy (non-hydrogen) atoms. The Bertz CT molecular complexity index is 281. The number of hydrogen-bond acceptors (Lipinski definition) is 5. The molecule has 2 N–H and O–H groups in total. The van der Waals surface area contributed by atoms with Crippen molar-refractivity contribution < 1.29 is 9.63 Å². The van der Waals surface area contributed by atoms with Crippen LogP contribution in [0.5, 0.6) is 0 Å². The molecule has 1 fully saturated rings. The summed E-state index contributed by atoms with van der Waals surface area (Å²) in [7, 11) is 0. The van der Waals surface area contributed by atoms with E-state index < -0.39 is 0 Å². The van der Waals surface area contributed by atoms with Crippen LogP contribution in [0.2, 0.25) is 0 Å². The van der Waals surface area contributed by atoms with Gasteiger partial charge < -0.3 is 14.9 Å². The zero-order valence-corrected chi connectivity index (χ0v) is 8.07. The fourth-order valence-electron chi connectivity index (χ4n) is 1.78. The summed E-state index contributed by atoms with van der Waals surface area (Å²) in [4.78, 5) is 4.07. The lowest BCUT2D eigenvalue weighted by molar-refractivity contribution is 0.222. The fourth-order valence-corrected chi connectivity index (χ4v) is 1.78. The first-order valence-electron chi connectivity index (χ1n) is 5.01. The van der Waals surface area contributed by atoms with Gasteiger partial charge in [-0.1, -0.05) is 5.16 Å². The largest absolute Gasteiger partial charge is 0.387 e. The van der Waals surface area contributed by atoms with E-state index in [0.29, 0.717) is 11.8 Å².